The van der Waals surface area contributed by atoms with Crippen LogP contribution in [0.15, 0.2) is 24.5 Å². The van der Waals surface area contributed by atoms with E-state index in [2.05, 4.69) is 47.5 Å². The van der Waals surface area contributed by atoms with Crippen molar-refractivity contribution >= 4 is 11.8 Å². The highest BCUT2D eigenvalue weighted by molar-refractivity contribution is 5.42. The standard InChI is InChI=1S/C18H26N6/c1-13(2)15-5-7-20-18(21-15)24-11-9-23(10-12-24)16-6-8-19-17(22-16)14(3)4/h5-8,13-14H,9-12H2,1-4H3. The minimum Gasteiger partial charge on any atom is -0.353 e. The molecule has 0 radical (unpaired) electrons. The molecule has 1 fully saturated rings. The van der Waals surface area contributed by atoms with E-state index in [0.29, 0.717) is 11.8 Å². The Morgan fingerprint density at radius 1 is 0.792 bits per heavy atom. The second-order valence-corrected chi connectivity index (χ2v) is 6.84. The topological polar surface area (TPSA) is 58.0 Å². The predicted molar refractivity (Wildman–Crippen MR) is 96.7 cm³/mol. The van der Waals surface area contributed by atoms with E-state index in [0.717, 1.165) is 49.5 Å². The molecule has 0 amide bonds. The largest absolute Gasteiger partial charge is 0.353 e. The fourth-order valence-electron chi connectivity index (χ4n) is 2.79. The van der Waals surface area contributed by atoms with Crippen molar-refractivity contribution in [1.82, 2.24) is 19.9 Å². The van der Waals surface area contributed by atoms with E-state index in [1.807, 2.05) is 24.5 Å². The minimum atomic E-state index is 0.346. The summed E-state index contributed by atoms with van der Waals surface area (Å²) in [5.74, 6) is 3.53. The van der Waals surface area contributed by atoms with E-state index in [9.17, 15) is 0 Å². The molecule has 0 atom stereocenters. The summed E-state index contributed by atoms with van der Waals surface area (Å²) >= 11 is 0. The molecule has 1 aliphatic rings. The van der Waals surface area contributed by atoms with Crippen molar-refractivity contribution in [2.75, 3.05) is 36.0 Å². The number of hydrogen-bond acceptors (Lipinski definition) is 6. The van der Waals surface area contributed by atoms with E-state index in [4.69, 9.17) is 9.97 Å². The van der Waals surface area contributed by atoms with Crippen LogP contribution in [-0.4, -0.2) is 46.1 Å². The van der Waals surface area contributed by atoms with Crippen molar-refractivity contribution in [3.63, 3.8) is 0 Å². The molecule has 128 valence electrons. The van der Waals surface area contributed by atoms with E-state index in [1.165, 1.54) is 0 Å². The van der Waals surface area contributed by atoms with Crippen LogP contribution in [0.3, 0.4) is 0 Å². The molecular weight excluding hydrogens is 300 g/mol. The van der Waals surface area contributed by atoms with Gasteiger partial charge >= 0.3 is 0 Å². The Hall–Kier alpha value is -2.24. The van der Waals surface area contributed by atoms with Crippen LogP contribution in [-0.2, 0) is 0 Å². The normalized spacial score (nSPS) is 15.4. The van der Waals surface area contributed by atoms with Gasteiger partial charge in [0.15, 0.2) is 0 Å². The van der Waals surface area contributed by atoms with Crippen LogP contribution < -0.4 is 9.80 Å². The van der Waals surface area contributed by atoms with Crippen LogP contribution in [0.4, 0.5) is 11.8 Å². The van der Waals surface area contributed by atoms with Crippen molar-refractivity contribution in [3.8, 4) is 0 Å². The lowest BCUT2D eigenvalue weighted by molar-refractivity contribution is 0.627. The molecule has 0 saturated carbocycles. The number of rotatable bonds is 4. The summed E-state index contributed by atoms with van der Waals surface area (Å²) in [6.45, 7) is 12.2. The average molecular weight is 326 g/mol. The van der Waals surface area contributed by atoms with E-state index in [1.54, 1.807) is 0 Å². The van der Waals surface area contributed by atoms with Crippen LogP contribution >= 0.6 is 0 Å². The molecule has 3 rings (SSSR count). The maximum absolute atomic E-state index is 4.70. The summed E-state index contributed by atoms with van der Waals surface area (Å²) in [7, 11) is 0. The highest BCUT2D eigenvalue weighted by atomic mass is 15.3. The third kappa shape index (κ3) is 3.63. The first kappa shape index (κ1) is 16.6. The molecule has 2 aromatic rings. The summed E-state index contributed by atoms with van der Waals surface area (Å²) in [5, 5.41) is 0. The lowest BCUT2D eigenvalue weighted by atomic mass is 10.1. The summed E-state index contributed by atoms with van der Waals surface area (Å²) < 4.78 is 0. The molecular formula is C18H26N6. The smallest absolute Gasteiger partial charge is 0.225 e. The fourth-order valence-corrected chi connectivity index (χ4v) is 2.79. The molecule has 6 nitrogen and oxygen atoms in total. The van der Waals surface area contributed by atoms with Crippen LogP contribution in [0, 0.1) is 0 Å². The number of anilines is 2. The number of hydrogen-bond donors (Lipinski definition) is 0. The first-order valence-electron chi connectivity index (χ1n) is 8.70. The Morgan fingerprint density at radius 2 is 1.46 bits per heavy atom. The van der Waals surface area contributed by atoms with Crippen molar-refractivity contribution < 1.29 is 0 Å². The molecule has 2 aromatic heterocycles. The minimum absolute atomic E-state index is 0.346. The lowest BCUT2D eigenvalue weighted by Gasteiger charge is -2.35. The third-order valence-electron chi connectivity index (χ3n) is 4.32. The van der Waals surface area contributed by atoms with Crippen molar-refractivity contribution in [1.29, 1.82) is 0 Å². The summed E-state index contributed by atoms with van der Waals surface area (Å²) in [6, 6.07) is 4.00. The zero-order valence-corrected chi connectivity index (χ0v) is 15.0. The maximum atomic E-state index is 4.70. The lowest BCUT2D eigenvalue weighted by Crippen LogP contribution is -2.47. The van der Waals surface area contributed by atoms with E-state index >= 15 is 0 Å². The molecule has 0 aliphatic carbocycles. The van der Waals surface area contributed by atoms with Crippen LogP contribution in [0.2, 0.25) is 0 Å². The zero-order valence-electron chi connectivity index (χ0n) is 15.0. The van der Waals surface area contributed by atoms with Crippen molar-refractivity contribution in [3.05, 3.63) is 36.0 Å². The average Bonchev–Trinajstić information content (AvgIpc) is 2.62. The van der Waals surface area contributed by atoms with Gasteiger partial charge in [-0.3, -0.25) is 0 Å². The first-order chi connectivity index (χ1) is 11.5. The van der Waals surface area contributed by atoms with Gasteiger partial charge in [0.25, 0.3) is 0 Å². The van der Waals surface area contributed by atoms with Gasteiger partial charge in [0.2, 0.25) is 5.95 Å². The quantitative estimate of drug-likeness (QED) is 0.861. The van der Waals surface area contributed by atoms with Gasteiger partial charge in [0, 0.05) is 50.2 Å². The van der Waals surface area contributed by atoms with Crippen LogP contribution in [0.1, 0.15) is 51.0 Å². The first-order valence-corrected chi connectivity index (χ1v) is 8.70. The Morgan fingerprint density at radius 3 is 2.12 bits per heavy atom. The van der Waals surface area contributed by atoms with Gasteiger partial charge in [0.05, 0.1) is 0 Å². The van der Waals surface area contributed by atoms with E-state index < -0.39 is 0 Å². The Bertz CT molecular complexity index is 617. The molecule has 24 heavy (non-hydrogen) atoms. The molecule has 0 unspecified atom stereocenters. The highest BCUT2D eigenvalue weighted by Gasteiger charge is 2.21. The molecule has 3 heterocycles. The predicted octanol–water partition coefficient (Wildman–Crippen LogP) is 2.84. The molecule has 0 aromatic carbocycles. The number of nitrogens with zero attached hydrogens (tertiary/aromatic N) is 6. The third-order valence-corrected chi connectivity index (χ3v) is 4.32. The number of piperazine rings is 1. The van der Waals surface area contributed by atoms with Gasteiger partial charge in [-0.1, -0.05) is 27.7 Å². The summed E-state index contributed by atoms with van der Waals surface area (Å²) in [5.41, 5.74) is 1.10. The van der Waals surface area contributed by atoms with Gasteiger partial charge in [-0.25, -0.2) is 19.9 Å². The summed E-state index contributed by atoms with van der Waals surface area (Å²) in [4.78, 5) is 22.8. The second-order valence-electron chi connectivity index (χ2n) is 6.84. The molecule has 6 heteroatoms. The molecule has 1 saturated heterocycles. The molecule has 0 N–H and O–H groups in total. The number of aromatic nitrogens is 4. The van der Waals surface area contributed by atoms with E-state index in [-0.39, 0.29) is 0 Å². The maximum Gasteiger partial charge on any atom is 0.225 e. The monoisotopic (exact) mass is 326 g/mol. The Labute approximate surface area is 144 Å². The molecule has 0 bridgehead atoms. The van der Waals surface area contributed by atoms with Crippen LogP contribution in [0.25, 0.3) is 0 Å². The SMILES string of the molecule is CC(C)c1ccnc(N2CCN(c3ccnc(C(C)C)n3)CC2)n1. The van der Waals surface area contributed by atoms with Crippen molar-refractivity contribution in [2.24, 2.45) is 0 Å². The zero-order chi connectivity index (χ0) is 17.1. The van der Waals surface area contributed by atoms with Crippen LogP contribution in [0.5, 0.6) is 0 Å². The molecule has 1 aliphatic heterocycles. The molecule has 0 spiro atoms. The van der Waals surface area contributed by atoms with Crippen molar-refractivity contribution in [2.45, 2.75) is 39.5 Å². The van der Waals surface area contributed by atoms with Gasteiger partial charge in [0.1, 0.15) is 11.6 Å². The highest BCUT2D eigenvalue weighted by Crippen LogP contribution is 2.19. The van der Waals surface area contributed by atoms with Gasteiger partial charge in [-0.15, -0.1) is 0 Å². The fraction of sp³-hybridized carbons (Fsp3) is 0.556. The van der Waals surface area contributed by atoms with Gasteiger partial charge in [-0.2, -0.15) is 0 Å². The summed E-state index contributed by atoms with van der Waals surface area (Å²) in [6.07, 6.45) is 3.72. The van der Waals surface area contributed by atoms with Gasteiger partial charge < -0.3 is 9.80 Å². The Balaban J connectivity index is 1.68. The Kier molecular flexibility index (Phi) is 4.92. The second kappa shape index (κ2) is 7.11. The van der Waals surface area contributed by atoms with Gasteiger partial charge in [-0.05, 0) is 18.1 Å².